The molecule has 1 aliphatic rings. The Morgan fingerprint density at radius 2 is 1.67 bits per heavy atom. The second-order valence-corrected chi connectivity index (χ2v) is 3.08. The Morgan fingerprint density at radius 1 is 1.22 bits per heavy atom. The van der Waals surface area contributed by atoms with Crippen molar-refractivity contribution in [3.05, 3.63) is 0 Å². The highest BCUT2D eigenvalue weighted by atomic mass is 15.4. The SMILES string of the molecule is CC1CCCC(C)N1N. The summed E-state index contributed by atoms with van der Waals surface area (Å²) in [6.45, 7) is 4.38. The first kappa shape index (κ1) is 7.03. The summed E-state index contributed by atoms with van der Waals surface area (Å²) in [6.07, 6.45) is 3.87. The Balaban J connectivity index is 2.41. The van der Waals surface area contributed by atoms with E-state index in [1.54, 1.807) is 0 Å². The van der Waals surface area contributed by atoms with Crippen molar-refractivity contribution in [1.82, 2.24) is 5.01 Å². The maximum absolute atomic E-state index is 5.76. The van der Waals surface area contributed by atoms with E-state index in [0.29, 0.717) is 12.1 Å². The van der Waals surface area contributed by atoms with Gasteiger partial charge in [-0.05, 0) is 26.7 Å². The van der Waals surface area contributed by atoms with Crippen LogP contribution in [0.15, 0.2) is 0 Å². The van der Waals surface area contributed by atoms with Crippen LogP contribution in [0, 0.1) is 0 Å². The highest BCUT2D eigenvalue weighted by Gasteiger charge is 2.20. The van der Waals surface area contributed by atoms with Crippen molar-refractivity contribution in [2.75, 3.05) is 0 Å². The van der Waals surface area contributed by atoms with Crippen molar-refractivity contribution < 1.29 is 0 Å². The molecule has 1 saturated heterocycles. The van der Waals surface area contributed by atoms with Gasteiger partial charge in [0.1, 0.15) is 0 Å². The van der Waals surface area contributed by atoms with Crippen molar-refractivity contribution in [2.45, 2.75) is 45.2 Å². The van der Waals surface area contributed by atoms with Crippen molar-refractivity contribution in [2.24, 2.45) is 5.84 Å². The summed E-state index contributed by atoms with van der Waals surface area (Å²) in [5.41, 5.74) is 0. The molecular weight excluding hydrogens is 112 g/mol. The Kier molecular flexibility index (Phi) is 2.09. The monoisotopic (exact) mass is 128 g/mol. The lowest BCUT2D eigenvalue weighted by Gasteiger charge is -2.34. The summed E-state index contributed by atoms with van der Waals surface area (Å²) >= 11 is 0. The quantitative estimate of drug-likeness (QED) is 0.495. The van der Waals surface area contributed by atoms with E-state index in [0.717, 1.165) is 0 Å². The molecule has 9 heavy (non-hydrogen) atoms. The molecule has 0 aromatic rings. The van der Waals surface area contributed by atoms with E-state index in [9.17, 15) is 0 Å². The molecule has 0 radical (unpaired) electrons. The molecule has 2 nitrogen and oxygen atoms in total. The van der Waals surface area contributed by atoms with Crippen LogP contribution in [-0.4, -0.2) is 17.1 Å². The molecule has 1 heterocycles. The minimum atomic E-state index is 0.591. The molecule has 0 aliphatic carbocycles. The lowest BCUT2D eigenvalue weighted by molar-refractivity contribution is 0.105. The van der Waals surface area contributed by atoms with Crippen LogP contribution < -0.4 is 5.84 Å². The van der Waals surface area contributed by atoms with Crippen LogP contribution in [0.4, 0.5) is 0 Å². The van der Waals surface area contributed by atoms with Crippen LogP contribution in [0.3, 0.4) is 0 Å². The summed E-state index contributed by atoms with van der Waals surface area (Å²) in [5, 5.41) is 1.98. The summed E-state index contributed by atoms with van der Waals surface area (Å²) < 4.78 is 0. The maximum Gasteiger partial charge on any atom is 0.0215 e. The summed E-state index contributed by atoms with van der Waals surface area (Å²) in [5.74, 6) is 5.76. The van der Waals surface area contributed by atoms with Gasteiger partial charge in [-0.2, -0.15) is 0 Å². The number of rotatable bonds is 0. The first-order valence-corrected chi connectivity index (χ1v) is 3.75. The second kappa shape index (κ2) is 2.67. The topological polar surface area (TPSA) is 29.3 Å². The maximum atomic E-state index is 5.76. The molecule has 0 spiro atoms. The lowest BCUT2D eigenvalue weighted by atomic mass is 10.0. The van der Waals surface area contributed by atoms with E-state index in [4.69, 9.17) is 5.84 Å². The zero-order valence-electron chi connectivity index (χ0n) is 6.30. The fraction of sp³-hybridized carbons (Fsp3) is 1.00. The molecule has 0 saturated carbocycles. The molecule has 0 aromatic carbocycles. The van der Waals surface area contributed by atoms with Crippen molar-refractivity contribution in [3.8, 4) is 0 Å². The van der Waals surface area contributed by atoms with Crippen LogP contribution >= 0.6 is 0 Å². The van der Waals surface area contributed by atoms with Crippen LogP contribution in [0.2, 0.25) is 0 Å². The Morgan fingerprint density at radius 3 is 2.00 bits per heavy atom. The summed E-state index contributed by atoms with van der Waals surface area (Å²) in [6, 6.07) is 1.18. The van der Waals surface area contributed by atoms with Crippen LogP contribution in [-0.2, 0) is 0 Å². The van der Waals surface area contributed by atoms with Gasteiger partial charge >= 0.3 is 0 Å². The molecular formula is C7H16N2. The third kappa shape index (κ3) is 1.43. The number of piperidine rings is 1. The van der Waals surface area contributed by atoms with E-state index in [1.807, 2.05) is 5.01 Å². The summed E-state index contributed by atoms with van der Waals surface area (Å²) in [4.78, 5) is 0. The molecule has 0 bridgehead atoms. The van der Waals surface area contributed by atoms with Crippen molar-refractivity contribution >= 4 is 0 Å². The van der Waals surface area contributed by atoms with Gasteiger partial charge in [0.15, 0.2) is 0 Å². The van der Waals surface area contributed by atoms with Crippen molar-refractivity contribution in [3.63, 3.8) is 0 Å². The minimum absolute atomic E-state index is 0.591. The third-order valence-corrected chi connectivity index (χ3v) is 2.26. The van der Waals surface area contributed by atoms with Gasteiger partial charge in [-0.3, -0.25) is 5.84 Å². The molecule has 1 fully saturated rings. The van der Waals surface area contributed by atoms with Gasteiger partial charge in [0.05, 0.1) is 0 Å². The first-order chi connectivity index (χ1) is 4.22. The second-order valence-electron chi connectivity index (χ2n) is 3.08. The molecule has 1 rings (SSSR count). The molecule has 0 amide bonds. The molecule has 1 aliphatic heterocycles. The van der Waals surface area contributed by atoms with Crippen molar-refractivity contribution in [1.29, 1.82) is 0 Å². The van der Waals surface area contributed by atoms with Gasteiger partial charge in [-0.25, -0.2) is 5.01 Å². The standard InChI is InChI=1S/C7H16N2/c1-6-4-3-5-7(2)9(6)8/h6-7H,3-5,8H2,1-2H3. The largest absolute Gasteiger partial charge is 0.268 e. The smallest absolute Gasteiger partial charge is 0.0215 e. The van der Waals surface area contributed by atoms with E-state index in [1.165, 1.54) is 19.3 Å². The Bertz CT molecular complexity index is 82.9. The number of nitrogens with two attached hydrogens (primary N) is 1. The van der Waals surface area contributed by atoms with Gasteiger partial charge < -0.3 is 0 Å². The van der Waals surface area contributed by atoms with Crippen LogP contribution in [0.1, 0.15) is 33.1 Å². The van der Waals surface area contributed by atoms with Gasteiger partial charge in [0.25, 0.3) is 0 Å². The van der Waals surface area contributed by atoms with E-state index < -0.39 is 0 Å². The fourth-order valence-electron chi connectivity index (χ4n) is 1.44. The first-order valence-electron chi connectivity index (χ1n) is 3.75. The normalized spacial score (nSPS) is 39.0. The zero-order chi connectivity index (χ0) is 6.85. The number of nitrogens with zero attached hydrogens (tertiary/aromatic N) is 1. The van der Waals surface area contributed by atoms with Crippen LogP contribution in [0.5, 0.6) is 0 Å². The average Bonchev–Trinajstić information content (AvgIpc) is 1.83. The van der Waals surface area contributed by atoms with Gasteiger partial charge in [-0.15, -0.1) is 0 Å². The fourth-order valence-corrected chi connectivity index (χ4v) is 1.44. The number of hydrogen-bond acceptors (Lipinski definition) is 2. The van der Waals surface area contributed by atoms with Gasteiger partial charge in [0, 0.05) is 12.1 Å². The highest BCUT2D eigenvalue weighted by Crippen LogP contribution is 2.18. The van der Waals surface area contributed by atoms with Gasteiger partial charge in [0.2, 0.25) is 0 Å². The molecule has 2 heteroatoms. The predicted molar refractivity (Wildman–Crippen MR) is 38.8 cm³/mol. The zero-order valence-corrected chi connectivity index (χ0v) is 6.30. The Labute approximate surface area is 57.0 Å². The van der Waals surface area contributed by atoms with E-state index in [2.05, 4.69) is 13.8 Å². The van der Waals surface area contributed by atoms with Gasteiger partial charge in [-0.1, -0.05) is 6.42 Å². The molecule has 54 valence electrons. The predicted octanol–water partition coefficient (Wildman–Crippen LogP) is 1.12. The summed E-state index contributed by atoms with van der Waals surface area (Å²) in [7, 11) is 0. The number of hydrazine groups is 1. The average molecular weight is 128 g/mol. The highest BCUT2D eigenvalue weighted by molar-refractivity contribution is 4.74. The molecule has 2 unspecified atom stereocenters. The number of hydrogen-bond donors (Lipinski definition) is 1. The Hall–Kier alpha value is -0.0800. The molecule has 0 aromatic heterocycles. The van der Waals surface area contributed by atoms with E-state index >= 15 is 0 Å². The third-order valence-electron chi connectivity index (χ3n) is 2.26. The lowest BCUT2D eigenvalue weighted by Crippen LogP contribution is -2.48. The minimum Gasteiger partial charge on any atom is -0.268 e. The molecule has 2 atom stereocenters. The van der Waals surface area contributed by atoms with Crippen LogP contribution in [0.25, 0.3) is 0 Å². The van der Waals surface area contributed by atoms with E-state index in [-0.39, 0.29) is 0 Å². The molecule has 2 N–H and O–H groups in total.